The fourth-order valence-corrected chi connectivity index (χ4v) is 2.29. The Bertz CT molecular complexity index is 377. The summed E-state index contributed by atoms with van der Waals surface area (Å²) in [5.74, 6) is 0.964. The van der Waals surface area contributed by atoms with E-state index in [0.717, 1.165) is 50.8 Å². The van der Waals surface area contributed by atoms with Crippen LogP contribution in [0.3, 0.4) is 0 Å². The number of hydrogen-bond acceptors (Lipinski definition) is 4. The molecule has 0 amide bonds. The van der Waals surface area contributed by atoms with Crippen LogP contribution in [0.1, 0.15) is 19.0 Å². The lowest BCUT2D eigenvalue weighted by atomic mass is 10.3. The highest BCUT2D eigenvalue weighted by Crippen LogP contribution is 2.10. The van der Waals surface area contributed by atoms with Gasteiger partial charge < -0.3 is 19.5 Å². The molecule has 1 unspecified atom stereocenters. The molecule has 1 atom stereocenters. The van der Waals surface area contributed by atoms with Crippen LogP contribution in [0.25, 0.3) is 0 Å². The number of rotatable bonds is 5. The van der Waals surface area contributed by atoms with Crippen molar-refractivity contribution in [1.82, 2.24) is 14.5 Å². The first-order valence-electron chi connectivity index (χ1n) is 6.77. The molecule has 1 aromatic rings. The highest BCUT2D eigenvalue weighted by atomic mass is 16.5. The van der Waals surface area contributed by atoms with Gasteiger partial charge in [-0.05, 0) is 20.4 Å². The van der Waals surface area contributed by atoms with Gasteiger partial charge in [0.2, 0.25) is 5.95 Å². The van der Waals surface area contributed by atoms with E-state index in [4.69, 9.17) is 4.74 Å². The minimum absolute atomic E-state index is 0.260. The minimum atomic E-state index is 0.260. The zero-order valence-electron chi connectivity index (χ0n) is 11.6. The molecule has 5 nitrogen and oxygen atoms in total. The maximum atomic E-state index is 5.74. The molecular weight excluding hydrogens is 228 g/mol. The molecule has 5 heteroatoms. The maximum absolute atomic E-state index is 5.74. The van der Waals surface area contributed by atoms with Gasteiger partial charge in [-0.15, -0.1) is 0 Å². The third-order valence-corrected chi connectivity index (χ3v) is 3.19. The number of aryl methyl sites for hydroxylation is 2. The first-order valence-corrected chi connectivity index (χ1v) is 6.77. The Morgan fingerprint density at radius 3 is 3.11 bits per heavy atom. The monoisotopic (exact) mass is 252 g/mol. The van der Waals surface area contributed by atoms with Crippen molar-refractivity contribution in [2.45, 2.75) is 32.9 Å². The number of morpholine rings is 1. The number of imidazole rings is 1. The van der Waals surface area contributed by atoms with E-state index in [1.807, 2.05) is 6.92 Å². The van der Waals surface area contributed by atoms with E-state index < -0.39 is 0 Å². The van der Waals surface area contributed by atoms with E-state index in [2.05, 4.69) is 39.9 Å². The summed E-state index contributed by atoms with van der Waals surface area (Å²) in [6.07, 6.45) is 3.48. The zero-order chi connectivity index (χ0) is 13.0. The molecule has 102 valence electrons. The molecule has 0 saturated carbocycles. The van der Waals surface area contributed by atoms with Crippen molar-refractivity contribution in [3.63, 3.8) is 0 Å². The molecule has 2 rings (SSSR count). The number of likely N-dealkylation sites (N-methyl/N-ethyl adjacent to an activating group) is 1. The van der Waals surface area contributed by atoms with Crippen LogP contribution in [0.15, 0.2) is 6.20 Å². The van der Waals surface area contributed by atoms with E-state index >= 15 is 0 Å². The number of ether oxygens (including phenoxy) is 1. The van der Waals surface area contributed by atoms with Gasteiger partial charge in [-0.25, -0.2) is 4.98 Å². The Balaban J connectivity index is 1.88. The third kappa shape index (κ3) is 3.46. The highest BCUT2D eigenvalue weighted by molar-refractivity contribution is 5.29. The number of hydrogen-bond donors (Lipinski definition) is 1. The summed E-state index contributed by atoms with van der Waals surface area (Å²) >= 11 is 0. The molecule has 2 heterocycles. The van der Waals surface area contributed by atoms with Gasteiger partial charge >= 0.3 is 0 Å². The number of nitrogens with one attached hydrogen (secondary N) is 1. The van der Waals surface area contributed by atoms with Gasteiger partial charge in [0.1, 0.15) is 0 Å². The number of nitrogens with zero attached hydrogens (tertiary/aromatic N) is 3. The fourth-order valence-electron chi connectivity index (χ4n) is 2.29. The molecule has 1 fully saturated rings. The van der Waals surface area contributed by atoms with Crippen LogP contribution in [-0.4, -0.2) is 53.8 Å². The Hall–Kier alpha value is -1.07. The summed E-state index contributed by atoms with van der Waals surface area (Å²) in [5, 5.41) is 3.41. The Labute approximate surface area is 109 Å². The number of anilines is 1. The Kier molecular flexibility index (Phi) is 4.60. The SMILES string of the molecule is CCCn1cc(C)nc1NCC1CN(C)CCO1. The molecule has 1 saturated heterocycles. The van der Waals surface area contributed by atoms with Crippen LogP contribution in [0.4, 0.5) is 5.95 Å². The van der Waals surface area contributed by atoms with E-state index in [1.54, 1.807) is 0 Å². The topological polar surface area (TPSA) is 42.3 Å². The fraction of sp³-hybridized carbons (Fsp3) is 0.769. The van der Waals surface area contributed by atoms with E-state index in [0.29, 0.717) is 0 Å². The summed E-state index contributed by atoms with van der Waals surface area (Å²) in [4.78, 5) is 6.82. The molecule has 1 aliphatic rings. The third-order valence-electron chi connectivity index (χ3n) is 3.19. The lowest BCUT2D eigenvalue weighted by Crippen LogP contribution is -2.43. The van der Waals surface area contributed by atoms with Gasteiger partial charge in [0.25, 0.3) is 0 Å². The van der Waals surface area contributed by atoms with E-state index in [1.165, 1.54) is 0 Å². The molecule has 1 aliphatic heterocycles. The molecule has 0 aromatic carbocycles. The molecule has 0 spiro atoms. The van der Waals surface area contributed by atoms with Crippen molar-refractivity contribution < 1.29 is 4.74 Å². The lowest BCUT2D eigenvalue weighted by molar-refractivity contribution is -0.0118. The number of aromatic nitrogens is 2. The van der Waals surface area contributed by atoms with Crippen LogP contribution in [0.5, 0.6) is 0 Å². The van der Waals surface area contributed by atoms with Gasteiger partial charge in [0.05, 0.1) is 18.4 Å². The molecular formula is C13H24N4O. The van der Waals surface area contributed by atoms with Gasteiger partial charge in [-0.2, -0.15) is 0 Å². The summed E-state index contributed by atoms with van der Waals surface area (Å²) in [6.45, 7) is 8.88. The van der Waals surface area contributed by atoms with Crippen molar-refractivity contribution in [3.8, 4) is 0 Å². The molecule has 0 radical (unpaired) electrons. The Morgan fingerprint density at radius 1 is 1.56 bits per heavy atom. The Morgan fingerprint density at radius 2 is 2.39 bits per heavy atom. The van der Waals surface area contributed by atoms with Crippen LogP contribution in [-0.2, 0) is 11.3 Å². The molecule has 18 heavy (non-hydrogen) atoms. The zero-order valence-corrected chi connectivity index (χ0v) is 11.6. The second-order valence-electron chi connectivity index (χ2n) is 5.04. The second-order valence-corrected chi connectivity index (χ2v) is 5.04. The van der Waals surface area contributed by atoms with Crippen molar-refractivity contribution >= 4 is 5.95 Å². The van der Waals surface area contributed by atoms with Gasteiger partial charge in [-0.1, -0.05) is 6.92 Å². The van der Waals surface area contributed by atoms with Crippen LogP contribution >= 0.6 is 0 Å². The maximum Gasteiger partial charge on any atom is 0.203 e. The molecule has 1 N–H and O–H groups in total. The normalized spacial score (nSPS) is 21.2. The van der Waals surface area contributed by atoms with Crippen molar-refractivity contribution in [3.05, 3.63) is 11.9 Å². The molecule has 0 bridgehead atoms. The smallest absolute Gasteiger partial charge is 0.203 e. The van der Waals surface area contributed by atoms with Crippen molar-refractivity contribution in [2.24, 2.45) is 0 Å². The van der Waals surface area contributed by atoms with Crippen molar-refractivity contribution in [1.29, 1.82) is 0 Å². The van der Waals surface area contributed by atoms with Gasteiger partial charge in [-0.3, -0.25) is 0 Å². The highest BCUT2D eigenvalue weighted by Gasteiger charge is 2.18. The lowest BCUT2D eigenvalue weighted by Gasteiger charge is -2.30. The molecule has 0 aliphatic carbocycles. The first-order chi connectivity index (χ1) is 8.69. The van der Waals surface area contributed by atoms with Crippen LogP contribution in [0, 0.1) is 6.92 Å². The van der Waals surface area contributed by atoms with E-state index in [-0.39, 0.29) is 6.10 Å². The average molecular weight is 252 g/mol. The van der Waals surface area contributed by atoms with Crippen molar-refractivity contribution in [2.75, 3.05) is 38.6 Å². The standard InChI is InChI=1S/C13H24N4O/c1-4-5-17-9-11(2)15-13(17)14-8-12-10-16(3)6-7-18-12/h9,12H,4-8,10H2,1-3H3,(H,14,15). The first kappa shape index (κ1) is 13.4. The van der Waals surface area contributed by atoms with Gasteiger partial charge in [0, 0.05) is 32.4 Å². The van der Waals surface area contributed by atoms with Gasteiger partial charge in [0.15, 0.2) is 0 Å². The summed E-state index contributed by atoms with van der Waals surface area (Å²) in [6, 6.07) is 0. The van der Waals surface area contributed by atoms with Crippen LogP contribution in [0.2, 0.25) is 0 Å². The predicted octanol–water partition coefficient (Wildman–Crippen LogP) is 1.34. The average Bonchev–Trinajstić information content (AvgIpc) is 2.68. The predicted molar refractivity (Wildman–Crippen MR) is 73.0 cm³/mol. The largest absolute Gasteiger partial charge is 0.374 e. The summed E-state index contributed by atoms with van der Waals surface area (Å²) in [5.41, 5.74) is 1.06. The van der Waals surface area contributed by atoms with Crippen LogP contribution < -0.4 is 5.32 Å². The summed E-state index contributed by atoms with van der Waals surface area (Å²) < 4.78 is 7.92. The molecule has 1 aromatic heterocycles. The van der Waals surface area contributed by atoms with E-state index in [9.17, 15) is 0 Å². The second kappa shape index (κ2) is 6.20. The quantitative estimate of drug-likeness (QED) is 0.859. The minimum Gasteiger partial charge on any atom is -0.374 e. The summed E-state index contributed by atoms with van der Waals surface area (Å²) in [7, 11) is 2.14.